The Labute approximate surface area is 185 Å². The number of hydrogen-bond acceptors (Lipinski definition) is 5. The minimum absolute atomic E-state index is 0.0117. The monoisotopic (exact) mass is 547 g/mol. The highest BCUT2D eigenvalue weighted by Crippen LogP contribution is 2.30. The quantitative estimate of drug-likeness (QED) is 0.423. The van der Waals surface area contributed by atoms with Gasteiger partial charge in [0.1, 0.15) is 23.5 Å². The molecule has 0 aliphatic carbocycles. The second kappa shape index (κ2) is 8.53. The number of carboxylic acid groups (broad SMARTS) is 1. The third-order valence-corrected chi connectivity index (χ3v) is 4.88. The number of halogens is 4. The van der Waals surface area contributed by atoms with Gasteiger partial charge in [0.05, 0.1) is 17.5 Å². The van der Waals surface area contributed by atoms with Crippen LogP contribution in [0.3, 0.4) is 0 Å². The van der Waals surface area contributed by atoms with Crippen LogP contribution in [0.25, 0.3) is 11.0 Å². The Hall–Kier alpha value is -3.16. The highest BCUT2D eigenvalue weighted by atomic mass is 127. The Bertz CT molecular complexity index is 1240. The number of alkyl halides is 3. The van der Waals surface area contributed by atoms with Crippen LogP contribution in [-0.4, -0.2) is 38.2 Å². The van der Waals surface area contributed by atoms with Crippen molar-refractivity contribution in [3.8, 4) is 5.75 Å². The number of aromatic hydroxyl groups is 1. The number of aromatic nitrogens is 2. The van der Waals surface area contributed by atoms with E-state index >= 15 is 0 Å². The van der Waals surface area contributed by atoms with Crippen LogP contribution in [0.15, 0.2) is 41.3 Å². The maximum atomic E-state index is 13.0. The van der Waals surface area contributed by atoms with Gasteiger partial charge < -0.3 is 15.5 Å². The van der Waals surface area contributed by atoms with Crippen LogP contribution in [-0.2, 0) is 17.5 Å². The van der Waals surface area contributed by atoms with E-state index in [1.54, 1.807) is 0 Å². The second-order valence-electron chi connectivity index (χ2n) is 6.41. The first-order chi connectivity index (χ1) is 14.5. The minimum atomic E-state index is -4.52. The number of rotatable bonds is 5. The van der Waals surface area contributed by atoms with Gasteiger partial charge in [-0.1, -0.05) is 12.1 Å². The molecule has 0 unspecified atom stereocenters. The summed E-state index contributed by atoms with van der Waals surface area (Å²) in [5.74, 6) is -3.13. The summed E-state index contributed by atoms with van der Waals surface area (Å²) < 4.78 is 40.0. The summed E-state index contributed by atoms with van der Waals surface area (Å²) in [6.45, 7) is -1.01. The molecule has 31 heavy (non-hydrogen) atoms. The zero-order valence-electron chi connectivity index (χ0n) is 15.4. The van der Waals surface area contributed by atoms with E-state index in [9.17, 15) is 32.7 Å². The number of aliphatic carboxylic acids is 1. The molecule has 162 valence electrons. The molecule has 1 amide bonds. The molecule has 3 rings (SSSR count). The minimum Gasteiger partial charge on any atom is -0.506 e. The number of nitrogens with zero attached hydrogens (tertiary/aromatic N) is 2. The number of hydrogen-bond donors (Lipinski definition) is 3. The number of pyridine rings is 2. The molecule has 0 aliphatic heterocycles. The number of amides is 1. The number of carboxylic acids is 1. The molecule has 3 aromatic rings. The molecule has 0 bridgehead atoms. The van der Waals surface area contributed by atoms with Crippen LogP contribution in [0, 0.1) is 3.57 Å². The fourth-order valence-corrected chi connectivity index (χ4v) is 3.32. The molecule has 1 aromatic carbocycles. The zero-order valence-corrected chi connectivity index (χ0v) is 17.6. The zero-order chi connectivity index (χ0) is 22.9. The van der Waals surface area contributed by atoms with E-state index in [1.165, 1.54) is 24.4 Å². The number of carbonyl (C=O) groups excluding carboxylic acids is 1. The predicted molar refractivity (Wildman–Crippen MR) is 111 cm³/mol. The van der Waals surface area contributed by atoms with Crippen LogP contribution >= 0.6 is 22.6 Å². The lowest BCUT2D eigenvalue weighted by Gasteiger charge is -2.15. The van der Waals surface area contributed by atoms with Gasteiger partial charge in [0.2, 0.25) is 0 Å². The van der Waals surface area contributed by atoms with Crippen molar-refractivity contribution in [1.82, 2.24) is 14.9 Å². The summed E-state index contributed by atoms with van der Waals surface area (Å²) in [6.07, 6.45) is -3.11. The number of carbonyl (C=O) groups is 2. The van der Waals surface area contributed by atoms with Gasteiger partial charge in [-0.3, -0.25) is 19.0 Å². The summed E-state index contributed by atoms with van der Waals surface area (Å²) in [4.78, 5) is 40.2. The van der Waals surface area contributed by atoms with E-state index in [4.69, 9.17) is 5.11 Å². The van der Waals surface area contributed by atoms with E-state index in [1.807, 2.05) is 27.9 Å². The Morgan fingerprint density at radius 1 is 1.19 bits per heavy atom. The molecule has 0 aliphatic rings. The first kappa shape index (κ1) is 22.5. The van der Waals surface area contributed by atoms with Crippen molar-refractivity contribution in [2.24, 2.45) is 0 Å². The number of benzene rings is 1. The SMILES string of the molecule is O=C(O)CNC(=O)c1c(O)c2cc(I)cnc2n(Cc2ccc(C(F)(F)F)cc2)c1=O. The molecule has 12 heteroatoms. The van der Waals surface area contributed by atoms with E-state index in [0.29, 0.717) is 9.13 Å². The summed E-state index contributed by atoms with van der Waals surface area (Å²) in [5.41, 5.74) is -2.19. The molecule has 2 heterocycles. The lowest BCUT2D eigenvalue weighted by atomic mass is 10.1. The topological polar surface area (TPSA) is 122 Å². The van der Waals surface area contributed by atoms with E-state index in [-0.39, 0.29) is 17.6 Å². The first-order valence-corrected chi connectivity index (χ1v) is 9.64. The van der Waals surface area contributed by atoms with Crippen LogP contribution in [0.1, 0.15) is 21.5 Å². The van der Waals surface area contributed by atoms with Crippen molar-refractivity contribution >= 4 is 45.5 Å². The van der Waals surface area contributed by atoms with Crippen LogP contribution in [0.5, 0.6) is 5.75 Å². The fraction of sp³-hybridized carbons (Fsp3) is 0.158. The maximum Gasteiger partial charge on any atom is 0.416 e. The smallest absolute Gasteiger partial charge is 0.416 e. The summed E-state index contributed by atoms with van der Waals surface area (Å²) in [6, 6.07) is 5.56. The van der Waals surface area contributed by atoms with Crippen LogP contribution < -0.4 is 10.9 Å². The summed E-state index contributed by atoms with van der Waals surface area (Å²) >= 11 is 1.91. The molecule has 8 nitrogen and oxygen atoms in total. The molecule has 0 saturated heterocycles. The Balaban J connectivity index is 2.14. The molecule has 2 aromatic heterocycles. The number of fused-ring (bicyclic) bond motifs is 1. The Morgan fingerprint density at radius 3 is 2.42 bits per heavy atom. The van der Waals surface area contributed by atoms with Gasteiger partial charge in [0.15, 0.2) is 0 Å². The molecule has 0 fully saturated rings. The van der Waals surface area contributed by atoms with Gasteiger partial charge in [-0.25, -0.2) is 4.98 Å². The van der Waals surface area contributed by atoms with E-state index in [0.717, 1.165) is 16.7 Å². The molecular formula is C19H13F3IN3O5. The van der Waals surface area contributed by atoms with Gasteiger partial charge in [-0.05, 0) is 46.4 Å². The summed E-state index contributed by atoms with van der Waals surface area (Å²) in [7, 11) is 0. The molecule has 0 atom stereocenters. The lowest BCUT2D eigenvalue weighted by Crippen LogP contribution is -2.36. The predicted octanol–water partition coefficient (Wildman–Crippen LogP) is 2.59. The second-order valence-corrected chi connectivity index (χ2v) is 7.66. The van der Waals surface area contributed by atoms with Gasteiger partial charge in [0, 0.05) is 9.77 Å². The van der Waals surface area contributed by atoms with Crippen LogP contribution in [0.4, 0.5) is 13.2 Å². The first-order valence-electron chi connectivity index (χ1n) is 8.56. The largest absolute Gasteiger partial charge is 0.506 e. The van der Waals surface area contributed by atoms with Gasteiger partial charge in [-0.15, -0.1) is 0 Å². The van der Waals surface area contributed by atoms with Crippen molar-refractivity contribution in [3.63, 3.8) is 0 Å². The highest BCUT2D eigenvalue weighted by Gasteiger charge is 2.30. The van der Waals surface area contributed by atoms with Crippen molar-refractivity contribution in [2.45, 2.75) is 12.7 Å². The van der Waals surface area contributed by atoms with Gasteiger partial charge >= 0.3 is 12.1 Å². The molecular weight excluding hydrogens is 534 g/mol. The average molecular weight is 547 g/mol. The van der Waals surface area contributed by atoms with Crippen molar-refractivity contribution in [3.05, 3.63) is 67.1 Å². The molecule has 0 spiro atoms. The molecule has 0 saturated carbocycles. The highest BCUT2D eigenvalue weighted by molar-refractivity contribution is 14.1. The van der Waals surface area contributed by atoms with Crippen molar-refractivity contribution in [1.29, 1.82) is 0 Å². The molecule has 3 N–H and O–H groups in total. The van der Waals surface area contributed by atoms with Gasteiger partial charge in [0.25, 0.3) is 11.5 Å². The van der Waals surface area contributed by atoms with E-state index < -0.39 is 47.0 Å². The third kappa shape index (κ3) is 4.78. The summed E-state index contributed by atoms with van der Waals surface area (Å²) in [5, 5.41) is 21.3. The standard InChI is InChI=1S/C19H13F3IN3O5/c20-19(21,22)10-3-1-9(2-4-10)8-26-16-12(5-11(23)6-24-16)15(29)14(18(26)31)17(30)25-7-13(27)28/h1-6,29H,7-8H2,(H,25,30)(H,27,28). The Kier molecular flexibility index (Phi) is 6.20. The lowest BCUT2D eigenvalue weighted by molar-refractivity contribution is -0.138. The maximum absolute atomic E-state index is 13.0. The van der Waals surface area contributed by atoms with Crippen molar-refractivity contribution < 1.29 is 33.0 Å². The van der Waals surface area contributed by atoms with Gasteiger partial charge in [-0.2, -0.15) is 13.2 Å². The van der Waals surface area contributed by atoms with Crippen molar-refractivity contribution in [2.75, 3.05) is 6.54 Å². The fourth-order valence-electron chi connectivity index (χ4n) is 2.87. The normalized spacial score (nSPS) is 11.5. The van der Waals surface area contributed by atoms with Crippen LogP contribution in [0.2, 0.25) is 0 Å². The third-order valence-electron chi connectivity index (χ3n) is 4.29. The average Bonchev–Trinajstić information content (AvgIpc) is 2.69. The molecule has 0 radical (unpaired) electrons. The van der Waals surface area contributed by atoms with E-state index in [2.05, 4.69) is 4.98 Å². The Morgan fingerprint density at radius 2 is 1.84 bits per heavy atom. The number of nitrogens with one attached hydrogen (secondary N) is 1.